The summed E-state index contributed by atoms with van der Waals surface area (Å²) in [6.07, 6.45) is 3.30. The van der Waals surface area contributed by atoms with Crippen LogP contribution in [0, 0.1) is 0 Å². The standard InChI is InChI=1S/C14H17N3O3/c1-18-10-6-11-13(14(15)17-8-16-11)12(7-10)20-9-2-4-19-5-3-9/h6-9H,2-5H2,1H3,(H2,15,16,17). The van der Waals surface area contributed by atoms with Crippen LogP contribution in [0.2, 0.25) is 0 Å². The number of hydrogen-bond acceptors (Lipinski definition) is 6. The Balaban J connectivity index is 2.02. The van der Waals surface area contributed by atoms with E-state index in [0.717, 1.165) is 37.0 Å². The number of nitrogens with zero attached hydrogens (tertiary/aromatic N) is 2. The van der Waals surface area contributed by atoms with Crippen molar-refractivity contribution < 1.29 is 14.2 Å². The lowest BCUT2D eigenvalue weighted by Crippen LogP contribution is -2.26. The molecule has 0 aliphatic carbocycles. The predicted octanol–water partition coefficient (Wildman–Crippen LogP) is 1.78. The van der Waals surface area contributed by atoms with Crippen LogP contribution in [0.15, 0.2) is 18.5 Å². The summed E-state index contributed by atoms with van der Waals surface area (Å²) in [4.78, 5) is 8.27. The Hall–Kier alpha value is -2.08. The molecule has 3 rings (SSSR count). The van der Waals surface area contributed by atoms with Crippen LogP contribution in [-0.4, -0.2) is 36.4 Å². The highest BCUT2D eigenvalue weighted by molar-refractivity contribution is 5.94. The molecular weight excluding hydrogens is 258 g/mol. The van der Waals surface area contributed by atoms with E-state index in [4.69, 9.17) is 19.9 Å². The van der Waals surface area contributed by atoms with Gasteiger partial charge in [-0.2, -0.15) is 0 Å². The van der Waals surface area contributed by atoms with Gasteiger partial charge in [-0.25, -0.2) is 9.97 Å². The third-order valence-corrected chi connectivity index (χ3v) is 3.40. The van der Waals surface area contributed by atoms with Gasteiger partial charge in [-0.15, -0.1) is 0 Å². The summed E-state index contributed by atoms with van der Waals surface area (Å²) >= 11 is 0. The van der Waals surface area contributed by atoms with Gasteiger partial charge in [0.05, 0.1) is 31.2 Å². The lowest BCUT2D eigenvalue weighted by atomic mass is 10.1. The molecule has 1 aromatic heterocycles. The van der Waals surface area contributed by atoms with Gasteiger partial charge in [-0.3, -0.25) is 0 Å². The van der Waals surface area contributed by atoms with Crippen molar-refractivity contribution in [3.05, 3.63) is 18.5 Å². The average molecular weight is 275 g/mol. The molecule has 0 amide bonds. The number of fused-ring (bicyclic) bond motifs is 1. The molecule has 0 bridgehead atoms. The molecule has 0 spiro atoms. The largest absolute Gasteiger partial charge is 0.497 e. The first-order valence-corrected chi connectivity index (χ1v) is 6.60. The van der Waals surface area contributed by atoms with Crippen molar-refractivity contribution in [2.45, 2.75) is 18.9 Å². The Labute approximate surface area is 116 Å². The molecule has 0 atom stereocenters. The number of anilines is 1. The van der Waals surface area contributed by atoms with E-state index >= 15 is 0 Å². The molecule has 1 aliphatic rings. The number of methoxy groups -OCH3 is 1. The fourth-order valence-corrected chi connectivity index (χ4v) is 2.34. The normalized spacial score (nSPS) is 16.2. The van der Waals surface area contributed by atoms with Crippen LogP contribution < -0.4 is 15.2 Å². The number of aromatic nitrogens is 2. The topological polar surface area (TPSA) is 79.5 Å². The molecule has 1 saturated heterocycles. The Bertz CT molecular complexity index is 612. The summed E-state index contributed by atoms with van der Waals surface area (Å²) in [5, 5.41) is 0.736. The molecule has 6 nitrogen and oxygen atoms in total. The number of ether oxygens (including phenoxy) is 3. The first-order valence-electron chi connectivity index (χ1n) is 6.60. The molecule has 1 aliphatic heterocycles. The van der Waals surface area contributed by atoms with E-state index in [2.05, 4.69) is 9.97 Å². The minimum Gasteiger partial charge on any atom is -0.497 e. The zero-order chi connectivity index (χ0) is 13.9. The van der Waals surface area contributed by atoms with Crippen molar-refractivity contribution in [1.82, 2.24) is 9.97 Å². The van der Waals surface area contributed by atoms with Crippen molar-refractivity contribution in [3.63, 3.8) is 0 Å². The van der Waals surface area contributed by atoms with Crippen LogP contribution in [0.4, 0.5) is 5.82 Å². The maximum Gasteiger partial charge on any atom is 0.138 e. The monoisotopic (exact) mass is 275 g/mol. The molecule has 0 radical (unpaired) electrons. The third kappa shape index (κ3) is 2.46. The maximum absolute atomic E-state index is 6.07. The van der Waals surface area contributed by atoms with Crippen LogP contribution >= 0.6 is 0 Å². The average Bonchev–Trinajstić information content (AvgIpc) is 2.48. The Morgan fingerprint density at radius 2 is 2.05 bits per heavy atom. The fraction of sp³-hybridized carbons (Fsp3) is 0.429. The summed E-state index contributed by atoms with van der Waals surface area (Å²) in [5.74, 6) is 1.78. The van der Waals surface area contributed by atoms with Gasteiger partial charge in [0, 0.05) is 25.0 Å². The molecular formula is C14H17N3O3. The van der Waals surface area contributed by atoms with Crippen LogP contribution in [0.1, 0.15) is 12.8 Å². The van der Waals surface area contributed by atoms with Crippen LogP contribution in [-0.2, 0) is 4.74 Å². The van der Waals surface area contributed by atoms with Crippen LogP contribution in [0.3, 0.4) is 0 Å². The van der Waals surface area contributed by atoms with E-state index in [-0.39, 0.29) is 6.10 Å². The minimum atomic E-state index is 0.124. The van der Waals surface area contributed by atoms with Gasteiger partial charge in [0.1, 0.15) is 29.7 Å². The number of nitrogen functional groups attached to an aromatic ring is 1. The third-order valence-electron chi connectivity index (χ3n) is 3.40. The molecule has 0 unspecified atom stereocenters. The lowest BCUT2D eigenvalue weighted by molar-refractivity contribution is 0.0261. The minimum absolute atomic E-state index is 0.124. The molecule has 2 aromatic rings. The van der Waals surface area contributed by atoms with E-state index in [1.165, 1.54) is 6.33 Å². The Morgan fingerprint density at radius 1 is 1.25 bits per heavy atom. The molecule has 0 saturated carbocycles. The highest BCUT2D eigenvalue weighted by Crippen LogP contribution is 2.34. The van der Waals surface area contributed by atoms with Crippen molar-refractivity contribution >= 4 is 16.7 Å². The molecule has 6 heteroatoms. The molecule has 2 N–H and O–H groups in total. The van der Waals surface area contributed by atoms with Gasteiger partial charge < -0.3 is 19.9 Å². The number of nitrogens with two attached hydrogens (primary N) is 1. The second-order valence-electron chi connectivity index (χ2n) is 4.71. The Morgan fingerprint density at radius 3 is 2.80 bits per heavy atom. The van der Waals surface area contributed by atoms with Gasteiger partial charge in [0.25, 0.3) is 0 Å². The summed E-state index contributed by atoms with van der Waals surface area (Å²) in [5.41, 5.74) is 6.68. The van der Waals surface area contributed by atoms with E-state index in [1.807, 2.05) is 12.1 Å². The van der Waals surface area contributed by atoms with Crippen molar-refractivity contribution in [1.29, 1.82) is 0 Å². The quantitative estimate of drug-likeness (QED) is 0.919. The molecule has 2 heterocycles. The second-order valence-corrected chi connectivity index (χ2v) is 4.71. The maximum atomic E-state index is 6.07. The fourth-order valence-electron chi connectivity index (χ4n) is 2.34. The molecule has 1 fully saturated rings. The van der Waals surface area contributed by atoms with E-state index < -0.39 is 0 Å². The smallest absolute Gasteiger partial charge is 0.138 e. The van der Waals surface area contributed by atoms with Gasteiger partial charge >= 0.3 is 0 Å². The van der Waals surface area contributed by atoms with Crippen LogP contribution in [0.25, 0.3) is 10.9 Å². The van der Waals surface area contributed by atoms with E-state index in [9.17, 15) is 0 Å². The van der Waals surface area contributed by atoms with Gasteiger partial charge in [-0.1, -0.05) is 0 Å². The SMILES string of the molecule is COc1cc(OC2CCOCC2)c2c(N)ncnc2c1. The van der Waals surface area contributed by atoms with Crippen molar-refractivity contribution in [3.8, 4) is 11.5 Å². The van der Waals surface area contributed by atoms with E-state index in [0.29, 0.717) is 17.3 Å². The van der Waals surface area contributed by atoms with Crippen molar-refractivity contribution in [2.24, 2.45) is 0 Å². The van der Waals surface area contributed by atoms with Gasteiger partial charge in [0.2, 0.25) is 0 Å². The number of benzene rings is 1. The summed E-state index contributed by atoms with van der Waals surface area (Å²) in [6, 6.07) is 3.65. The lowest BCUT2D eigenvalue weighted by Gasteiger charge is -2.24. The zero-order valence-electron chi connectivity index (χ0n) is 11.3. The van der Waals surface area contributed by atoms with Crippen LogP contribution in [0.5, 0.6) is 11.5 Å². The zero-order valence-corrected chi connectivity index (χ0v) is 11.3. The highest BCUT2D eigenvalue weighted by Gasteiger charge is 2.18. The first-order chi connectivity index (χ1) is 9.78. The molecule has 20 heavy (non-hydrogen) atoms. The summed E-state index contributed by atoms with van der Waals surface area (Å²) in [6.45, 7) is 1.44. The summed E-state index contributed by atoms with van der Waals surface area (Å²) < 4.78 is 16.7. The highest BCUT2D eigenvalue weighted by atomic mass is 16.5. The second kappa shape index (κ2) is 5.50. The predicted molar refractivity (Wildman–Crippen MR) is 75.0 cm³/mol. The number of rotatable bonds is 3. The van der Waals surface area contributed by atoms with Gasteiger partial charge in [0.15, 0.2) is 0 Å². The van der Waals surface area contributed by atoms with Crippen molar-refractivity contribution in [2.75, 3.05) is 26.1 Å². The number of hydrogen-bond donors (Lipinski definition) is 1. The molecule has 1 aromatic carbocycles. The molecule has 106 valence electrons. The van der Waals surface area contributed by atoms with E-state index in [1.54, 1.807) is 7.11 Å². The first kappa shape index (κ1) is 12.9. The van der Waals surface area contributed by atoms with Gasteiger partial charge in [-0.05, 0) is 0 Å². The Kier molecular flexibility index (Phi) is 3.56. The summed E-state index contributed by atoms with van der Waals surface area (Å²) in [7, 11) is 1.62.